The summed E-state index contributed by atoms with van der Waals surface area (Å²) < 4.78 is 17.5. The summed E-state index contributed by atoms with van der Waals surface area (Å²) >= 11 is 0. The number of methoxy groups -OCH3 is 1. The summed E-state index contributed by atoms with van der Waals surface area (Å²) in [5.74, 6) is 2.34. The molecule has 5 unspecified atom stereocenters. The van der Waals surface area contributed by atoms with Crippen LogP contribution in [0, 0.1) is 40.4 Å². The third-order valence-electron chi connectivity index (χ3n) is 9.89. The molecule has 4 saturated carbocycles. The fraction of sp³-hybridized carbons (Fsp3) is 0.960. The van der Waals surface area contributed by atoms with Crippen LogP contribution in [-0.4, -0.2) is 44.5 Å². The van der Waals surface area contributed by atoms with E-state index in [1.165, 1.54) is 20.0 Å². The van der Waals surface area contributed by atoms with Crippen molar-refractivity contribution in [3.63, 3.8) is 0 Å². The minimum Gasteiger partial charge on any atom is -0.469 e. The van der Waals surface area contributed by atoms with Crippen LogP contribution in [0.5, 0.6) is 0 Å². The molecule has 0 heterocycles. The van der Waals surface area contributed by atoms with Gasteiger partial charge in [-0.05, 0) is 93.3 Å². The number of carbonyl (C=O) groups excluding carboxylic acids is 1. The molecule has 4 aliphatic carbocycles. The van der Waals surface area contributed by atoms with Gasteiger partial charge in [-0.25, -0.2) is 0 Å². The third-order valence-corrected chi connectivity index (χ3v) is 9.89. The van der Waals surface area contributed by atoms with Crippen molar-refractivity contribution < 1.29 is 19.0 Å². The van der Waals surface area contributed by atoms with Crippen molar-refractivity contribution in [2.75, 3.05) is 20.3 Å². The standard InChI is InChI=1S/C25H43NO4/c1-6-29-20-12-15-8-9-16-17-10-11-18(23(27)28-5)25(17,4)13-19(26)22(16)24(15,3)14-21(20)30-7-2/h15-22H,6-14,26H2,1-5H3/t15?,16-,17-,18?,19?,20?,21?,22-,24-,25-/m0/s1. The fourth-order valence-electron chi connectivity index (χ4n) is 8.80. The first kappa shape index (κ1) is 22.5. The molecule has 0 saturated heterocycles. The van der Waals surface area contributed by atoms with E-state index < -0.39 is 0 Å². The van der Waals surface area contributed by atoms with Crippen molar-refractivity contribution in [1.82, 2.24) is 0 Å². The maximum absolute atomic E-state index is 12.6. The zero-order valence-corrected chi connectivity index (χ0v) is 19.7. The van der Waals surface area contributed by atoms with Crippen LogP contribution < -0.4 is 5.73 Å². The molecule has 0 aliphatic heterocycles. The summed E-state index contributed by atoms with van der Waals surface area (Å²) in [6.07, 6.45) is 8.06. The lowest BCUT2D eigenvalue weighted by Gasteiger charge is -2.63. The van der Waals surface area contributed by atoms with Gasteiger partial charge in [-0.3, -0.25) is 4.79 Å². The van der Waals surface area contributed by atoms with Crippen molar-refractivity contribution in [3.05, 3.63) is 0 Å². The molecule has 172 valence electrons. The van der Waals surface area contributed by atoms with Crippen LogP contribution >= 0.6 is 0 Å². The zero-order valence-electron chi connectivity index (χ0n) is 19.7. The number of ether oxygens (including phenoxy) is 3. The largest absolute Gasteiger partial charge is 0.469 e. The summed E-state index contributed by atoms with van der Waals surface area (Å²) in [6.45, 7) is 10.5. The average Bonchev–Trinajstić information content (AvgIpc) is 3.04. The number of hydrogen-bond acceptors (Lipinski definition) is 5. The Balaban J connectivity index is 1.62. The van der Waals surface area contributed by atoms with Crippen molar-refractivity contribution in [2.45, 2.75) is 90.9 Å². The van der Waals surface area contributed by atoms with E-state index in [2.05, 4.69) is 27.7 Å². The van der Waals surface area contributed by atoms with Gasteiger partial charge in [0, 0.05) is 19.3 Å². The van der Waals surface area contributed by atoms with Gasteiger partial charge in [-0.1, -0.05) is 13.8 Å². The highest BCUT2D eigenvalue weighted by atomic mass is 16.5. The fourth-order valence-corrected chi connectivity index (χ4v) is 8.80. The molecular weight excluding hydrogens is 378 g/mol. The Hall–Kier alpha value is -0.650. The Morgan fingerprint density at radius 3 is 2.33 bits per heavy atom. The molecule has 5 nitrogen and oxygen atoms in total. The number of carbonyl (C=O) groups is 1. The predicted molar refractivity (Wildman–Crippen MR) is 117 cm³/mol. The molecule has 0 spiro atoms. The van der Waals surface area contributed by atoms with E-state index >= 15 is 0 Å². The van der Waals surface area contributed by atoms with E-state index in [9.17, 15) is 4.79 Å². The second-order valence-corrected chi connectivity index (χ2v) is 11.0. The molecule has 0 aromatic rings. The topological polar surface area (TPSA) is 70.8 Å². The Bertz CT molecular complexity index is 641. The Labute approximate surface area is 182 Å². The van der Waals surface area contributed by atoms with Gasteiger partial charge in [0.25, 0.3) is 0 Å². The normalized spacial score (nSPS) is 50.3. The first-order valence-corrected chi connectivity index (χ1v) is 12.4. The quantitative estimate of drug-likeness (QED) is 0.675. The van der Waals surface area contributed by atoms with E-state index in [-0.39, 0.29) is 41.0 Å². The van der Waals surface area contributed by atoms with Crippen molar-refractivity contribution in [1.29, 1.82) is 0 Å². The van der Waals surface area contributed by atoms with E-state index in [0.717, 1.165) is 45.3 Å². The van der Waals surface area contributed by atoms with Gasteiger partial charge >= 0.3 is 5.97 Å². The van der Waals surface area contributed by atoms with Crippen LogP contribution in [0.3, 0.4) is 0 Å². The Morgan fingerprint density at radius 2 is 1.67 bits per heavy atom. The number of esters is 1. The van der Waals surface area contributed by atoms with Gasteiger partial charge in [-0.2, -0.15) is 0 Å². The van der Waals surface area contributed by atoms with Crippen LogP contribution in [0.15, 0.2) is 0 Å². The van der Waals surface area contributed by atoms with Gasteiger partial charge < -0.3 is 19.9 Å². The van der Waals surface area contributed by atoms with Gasteiger partial charge in [0.1, 0.15) is 0 Å². The molecule has 0 bridgehead atoms. The molecule has 4 aliphatic rings. The highest BCUT2D eigenvalue weighted by Crippen LogP contribution is 2.67. The molecule has 0 radical (unpaired) electrons. The lowest BCUT2D eigenvalue weighted by molar-refractivity contribution is -0.187. The predicted octanol–water partition coefficient (Wildman–Crippen LogP) is 4.18. The zero-order chi connectivity index (χ0) is 21.7. The third kappa shape index (κ3) is 3.34. The van der Waals surface area contributed by atoms with E-state index in [4.69, 9.17) is 19.9 Å². The number of fused-ring (bicyclic) bond motifs is 5. The Kier molecular flexibility index (Phi) is 6.29. The van der Waals surface area contributed by atoms with Crippen LogP contribution in [0.25, 0.3) is 0 Å². The Morgan fingerprint density at radius 1 is 0.967 bits per heavy atom. The number of nitrogens with two attached hydrogens (primary N) is 1. The maximum Gasteiger partial charge on any atom is 0.309 e. The minimum absolute atomic E-state index is 0.00916. The molecule has 0 aromatic heterocycles. The summed E-state index contributed by atoms with van der Waals surface area (Å²) in [4.78, 5) is 12.6. The molecule has 30 heavy (non-hydrogen) atoms. The first-order valence-electron chi connectivity index (χ1n) is 12.4. The smallest absolute Gasteiger partial charge is 0.309 e. The SMILES string of the molecule is CCOC1CC2CC[C@@H]3[C@@H](C(N)C[C@]4(C)C(C(=O)OC)CC[C@@H]34)[C@@]2(C)CC1OCC. The summed E-state index contributed by atoms with van der Waals surface area (Å²) in [5, 5.41) is 0. The van der Waals surface area contributed by atoms with Gasteiger partial charge in [0.15, 0.2) is 0 Å². The molecule has 2 N–H and O–H groups in total. The number of rotatable bonds is 5. The van der Waals surface area contributed by atoms with E-state index in [1.54, 1.807) is 0 Å². The van der Waals surface area contributed by atoms with Crippen LogP contribution in [0.2, 0.25) is 0 Å². The molecular formula is C25H43NO4. The van der Waals surface area contributed by atoms with E-state index in [0.29, 0.717) is 23.7 Å². The minimum atomic E-state index is -0.0285. The second-order valence-electron chi connectivity index (χ2n) is 11.0. The molecule has 0 amide bonds. The lowest BCUT2D eigenvalue weighted by Crippen LogP contribution is -2.63. The van der Waals surface area contributed by atoms with E-state index in [1.807, 2.05) is 0 Å². The van der Waals surface area contributed by atoms with Gasteiger partial charge in [-0.15, -0.1) is 0 Å². The first-order chi connectivity index (χ1) is 14.3. The van der Waals surface area contributed by atoms with Crippen molar-refractivity contribution in [2.24, 2.45) is 46.2 Å². The van der Waals surface area contributed by atoms with Crippen LogP contribution in [-0.2, 0) is 19.0 Å². The van der Waals surface area contributed by atoms with Crippen molar-refractivity contribution >= 4 is 5.97 Å². The molecule has 4 fully saturated rings. The van der Waals surface area contributed by atoms with Gasteiger partial charge in [0.2, 0.25) is 0 Å². The summed E-state index contributed by atoms with van der Waals surface area (Å²) in [7, 11) is 1.53. The highest BCUT2D eigenvalue weighted by molar-refractivity contribution is 5.73. The molecule has 10 atom stereocenters. The van der Waals surface area contributed by atoms with Crippen LogP contribution in [0.4, 0.5) is 0 Å². The summed E-state index contributed by atoms with van der Waals surface area (Å²) in [5.41, 5.74) is 7.19. The van der Waals surface area contributed by atoms with Crippen molar-refractivity contribution in [3.8, 4) is 0 Å². The molecule has 0 aromatic carbocycles. The number of hydrogen-bond donors (Lipinski definition) is 1. The second kappa shape index (κ2) is 8.37. The molecule has 5 heteroatoms. The highest BCUT2D eigenvalue weighted by Gasteiger charge is 2.64. The average molecular weight is 422 g/mol. The monoisotopic (exact) mass is 421 g/mol. The maximum atomic E-state index is 12.6. The van der Waals surface area contributed by atoms with Crippen LogP contribution in [0.1, 0.15) is 72.6 Å². The summed E-state index contributed by atoms with van der Waals surface area (Å²) in [6, 6.07) is 0.139. The lowest BCUT2D eigenvalue weighted by atomic mass is 9.43. The molecule has 4 rings (SSSR count). The van der Waals surface area contributed by atoms with Gasteiger partial charge in [0.05, 0.1) is 25.2 Å².